The van der Waals surface area contributed by atoms with E-state index < -0.39 is 0 Å². The third kappa shape index (κ3) is 4.95. The van der Waals surface area contributed by atoms with Crippen molar-refractivity contribution < 1.29 is 9.18 Å². The van der Waals surface area contributed by atoms with Crippen LogP contribution >= 0.6 is 0 Å². The number of benzene rings is 1. The van der Waals surface area contributed by atoms with Crippen LogP contribution in [0.4, 0.5) is 9.18 Å². The molecule has 1 aromatic rings. The molecule has 2 rings (SSSR count). The average molecular weight is 316 g/mol. The fourth-order valence-electron chi connectivity index (χ4n) is 2.60. The van der Waals surface area contributed by atoms with E-state index in [1.54, 1.807) is 11.0 Å². The molecule has 1 heterocycles. The van der Waals surface area contributed by atoms with Crippen LogP contribution in [0.2, 0.25) is 0 Å². The first-order valence-electron chi connectivity index (χ1n) is 8.17. The summed E-state index contributed by atoms with van der Waals surface area (Å²) in [5, 5.41) is 2.89. The maximum Gasteiger partial charge on any atom is 0.322 e. The van der Waals surface area contributed by atoms with Gasteiger partial charge in [0.1, 0.15) is 5.82 Å². The van der Waals surface area contributed by atoms with Crippen molar-refractivity contribution in [1.82, 2.24) is 10.2 Å². The first-order valence-corrected chi connectivity index (χ1v) is 8.17. The van der Waals surface area contributed by atoms with Gasteiger partial charge in [-0.15, -0.1) is 0 Å². The second kappa shape index (κ2) is 7.95. The summed E-state index contributed by atoms with van der Waals surface area (Å²) in [5.41, 5.74) is 4.02. The molecule has 0 radical (unpaired) electrons. The number of fused-ring (bicyclic) bond motifs is 1. The lowest BCUT2D eigenvalue weighted by molar-refractivity contribution is 0.201. The SMILES string of the molecule is CCCC/C(C)=C/C=C(\C)NC(=O)N1Cc2ccc(F)cc2C1. The van der Waals surface area contributed by atoms with Crippen LogP contribution in [0.5, 0.6) is 0 Å². The number of nitrogens with zero attached hydrogens (tertiary/aromatic N) is 1. The molecule has 0 bridgehead atoms. The van der Waals surface area contributed by atoms with Crippen LogP contribution in [-0.4, -0.2) is 10.9 Å². The molecule has 0 saturated carbocycles. The molecule has 0 atom stereocenters. The van der Waals surface area contributed by atoms with Gasteiger partial charge in [-0.3, -0.25) is 0 Å². The molecular formula is C19H25FN2O. The molecule has 1 aliphatic rings. The number of nitrogens with one attached hydrogen (secondary N) is 1. The van der Waals surface area contributed by atoms with Gasteiger partial charge in [-0.05, 0) is 56.0 Å². The number of urea groups is 1. The van der Waals surface area contributed by atoms with E-state index >= 15 is 0 Å². The highest BCUT2D eigenvalue weighted by Crippen LogP contribution is 2.23. The van der Waals surface area contributed by atoms with E-state index in [2.05, 4.69) is 25.2 Å². The van der Waals surface area contributed by atoms with Gasteiger partial charge in [0.25, 0.3) is 0 Å². The molecule has 23 heavy (non-hydrogen) atoms. The number of halogens is 1. The summed E-state index contributed by atoms with van der Waals surface area (Å²) in [6.45, 7) is 7.14. The van der Waals surface area contributed by atoms with Crippen molar-refractivity contribution in [1.29, 1.82) is 0 Å². The molecular weight excluding hydrogens is 291 g/mol. The highest BCUT2D eigenvalue weighted by atomic mass is 19.1. The Morgan fingerprint density at radius 1 is 1.26 bits per heavy atom. The Balaban J connectivity index is 1.90. The molecule has 4 heteroatoms. The number of unbranched alkanes of at least 4 members (excludes halogenated alkanes) is 1. The maximum absolute atomic E-state index is 13.2. The molecule has 1 aromatic carbocycles. The zero-order valence-corrected chi connectivity index (χ0v) is 14.2. The van der Waals surface area contributed by atoms with Crippen molar-refractivity contribution in [2.75, 3.05) is 0 Å². The highest BCUT2D eigenvalue weighted by molar-refractivity contribution is 5.76. The second-order valence-corrected chi connectivity index (χ2v) is 6.17. The van der Waals surface area contributed by atoms with Crippen molar-refractivity contribution in [2.24, 2.45) is 0 Å². The number of allylic oxidation sites excluding steroid dienone is 4. The molecule has 0 aliphatic carbocycles. The first-order chi connectivity index (χ1) is 11.0. The van der Waals surface area contributed by atoms with Crippen LogP contribution < -0.4 is 5.32 Å². The third-order valence-corrected chi connectivity index (χ3v) is 4.02. The summed E-state index contributed by atoms with van der Waals surface area (Å²) in [5.74, 6) is -0.255. The molecule has 3 nitrogen and oxygen atoms in total. The summed E-state index contributed by atoms with van der Waals surface area (Å²) in [7, 11) is 0. The van der Waals surface area contributed by atoms with Gasteiger partial charge in [-0.2, -0.15) is 0 Å². The van der Waals surface area contributed by atoms with Gasteiger partial charge in [0.05, 0.1) is 0 Å². The summed E-state index contributed by atoms with van der Waals surface area (Å²) in [6, 6.07) is 4.55. The van der Waals surface area contributed by atoms with Crippen molar-refractivity contribution in [3.63, 3.8) is 0 Å². The van der Waals surface area contributed by atoms with Gasteiger partial charge >= 0.3 is 6.03 Å². The quantitative estimate of drug-likeness (QED) is 0.771. The van der Waals surface area contributed by atoms with E-state index in [0.29, 0.717) is 13.1 Å². The molecule has 0 aromatic heterocycles. The predicted octanol–water partition coefficient (Wildman–Crippen LogP) is 4.89. The number of carbonyl (C=O) groups is 1. The molecule has 0 saturated heterocycles. The Morgan fingerprint density at radius 2 is 2.00 bits per heavy atom. The number of rotatable bonds is 5. The monoisotopic (exact) mass is 316 g/mol. The Hall–Kier alpha value is -2.10. The van der Waals surface area contributed by atoms with Crippen LogP contribution in [0.15, 0.2) is 41.6 Å². The van der Waals surface area contributed by atoms with Gasteiger partial charge < -0.3 is 10.2 Å². The van der Waals surface area contributed by atoms with Gasteiger partial charge in [-0.1, -0.05) is 31.1 Å². The Morgan fingerprint density at radius 3 is 2.74 bits per heavy atom. The Labute approximate surface area is 137 Å². The predicted molar refractivity (Wildman–Crippen MR) is 91.2 cm³/mol. The summed E-state index contributed by atoms with van der Waals surface area (Å²) < 4.78 is 13.2. The molecule has 124 valence electrons. The maximum atomic E-state index is 13.2. The minimum Gasteiger partial charge on any atom is -0.316 e. The standard InChI is InChI=1S/C19H25FN2O/c1-4-5-6-14(2)7-8-15(3)21-19(23)22-12-16-9-10-18(20)11-17(16)13-22/h7-11H,4-6,12-13H2,1-3H3,(H,21,23)/b14-7+,15-8+. The fourth-order valence-corrected chi connectivity index (χ4v) is 2.60. The summed E-state index contributed by atoms with van der Waals surface area (Å²) >= 11 is 0. The van der Waals surface area contributed by atoms with Crippen molar-refractivity contribution in [3.05, 3.63) is 58.6 Å². The van der Waals surface area contributed by atoms with Gasteiger partial charge in [0, 0.05) is 18.8 Å². The molecule has 1 N–H and O–H groups in total. The second-order valence-electron chi connectivity index (χ2n) is 6.17. The lowest BCUT2D eigenvalue weighted by atomic mass is 10.1. The van der Waals surface area contributed by atoms with E-state index in [1.807, 2.05) is 13.0 Å². The number of carbonyl (C=O) groups excluding carboxylic acids is 1. The van der Waals surface area contributed by atoms with Crippen LogP contribution in [-0.2, 0) is 13.1 Å². The van der Waals surface area contributed by atoms with Crippen LogP contribution in [0.3, 0.4) is 0 Å². The minimum atomic E-state index is -0.255. The van der Waals surface area contributed by atoms with Crippen molar-refractivity contribution in [3.8, 4) is 0 Å². The zero-order chi connectivity index (χ0) is 16.8. The van der Waals surface area contributed by atoms with Gasteiger partial charge in [0.15, 0.2) is 0 Å². The summed E-state index contributed by atoms with van der Waals surface area (Å²) in [6.07, 6.45) is 7.44. The molecule has 0 spiro atoms. The largest absolute Gasteiger partial charge is 0.322 e. The number of amides is 2. The number of hydrogen-bond donors (Lipinski definition) is 1. The van der Waals surface area contributed by atoms with Gasteiger partial charge in [0.2, 0.25) is 0 Å². The van der Waals surface area contributed by atoms with E-state index in [1.165, 1.54) is 30.5 Å². The number of hydrogen-bond acceptors (Lipinski definition) is 1. The Bertz CT molecular complexity index is 634. The van der Waals surface area contributed by atoms with Gasteiger partial charge in [-0.25, -0.2) is 9.18 Å². The average Bonchev–Trinajstić information content (AvgIpc) is 2.94. The van der Waals surface area contributed by atoms with Crippen molar-refractivity contribution in [2.45, 2.75) is 53.1 Å². The van der Waals surface area contributed by atoms with E-state index in [9.17, 15) is 9.18 Å². The third-order valence-electron chi connectivity index (χ3n) is 4.02. The van der Waals surface area contributed by atoms with E-state index in [0.717, 1.165) is 23.2 Å². The normalized spacial score (nSPS) is 14.9. The first kappa shape index (κ1) is 17.3. The lowest BCUT2D eigenvalue weighted by Gasteiger charge is -2.16. The van der Waals surface area contributed by atoms with E-state index in [-0.39, 0.29) is 11.8 Å². The van der Waals surface area contributed by atoms with Crippen molar-refractivity contribution >= 4 is 6.03 Å². The molecule has 2 amide bonds. The lowest BCUT2D eigenvalue weighted by Crippen LogP contribution is -2.35. The van der Waals surface area contributed by atoms with Crippen LogP contribution in [0.1, 0.15) is 51.2 Å². The van der Waals surface area contributed by atoms with E-state index in [4.69, 9.17) is 0 Å². The van der Waals surface area contributed by atoms with Crippen LogP contribution in [0, 0.1) is 5.82 Å². The molecule has 0 unspecified atom stereocenters. The summed E-state index contributed by atoms with van der Waals surface area (Å²) in [4.78, 5) is 14.0. The molecule has 0 fully saturated rings. The highest BCUT2D eigenvalue weighted by Gasteiger charge is 2.23. The fraction of sp³-hybridized carbons (Fsp3) is 0.421. The minimum absolute atomic E-state index is 0.144. The zero-order valence-electron chi connectivity index (χ0n) is 14.2. The van der Waals surface area contributed by atoms with Crippen LogP contribution in [0.25, 0.3) is 0 Å². The molecule has 1 aliphatic heterocycles. The Kier molecular flexibility index (Phi) is 5.97. The topological polar surface area (TPSA) is 32.3 Å². The smallest absolute Gasteiger partial charge is 0.316 e.